The molecule has 0 atom stereocenters. The fourth-order valence-electron chi connectivity index (χ4n) is 1.57. The Balaban J connectivity index is 2.31. The van der Waals surface area contributed by atoms with Crippen LogP contribution in [0.25, 0.3) is 0 Å². The number of likely N-dealkylation sites (N-methyl/N-ethyl adjacent to an activating group) is 1. The zero-order valence-corrected chi connectivity index (χ0v) is 11.8. The second-order valence-electron chi connectivity index (χ2n) is 4.41. The van der Waals surface area contributed by atoms with E-state index in [1.54, 1.807) is 19.2 Å². The molecule has 0 saturated heterocycles. The van der Waals surface area contributed by atoms with Crippen LogP contribution in [0.4, 0.5) is 0 Å². The van der Waals surface area contributed by atoms with Crippen LogP contribution in [0.15, 0.2) is 24.3 Å². The number of carbonyl (C=O) groups excluding carboxylic acids is 1. The second-order valence-corrected chi connectivity index (χ2v) is 4.41. The third-order valence-corrected chi connectivity index (χ3v) is 2.82. The summed E-state index contributed by atoms with van der Waals surface area (Å²) in [4.78, 5) is 23.9. The number of rotatable bonds is 8. The van der Waals surface area contributed by atoms with Crippen LogP contribution in [-0.2, 0) is 4.79 Å². The van der Waals surface area contributed by atoms with Crippen LogP contribution in [0.1, 0.15) is 16.8 Å². The highest BCUT2D eigenvalue weighted by molar-refractivity contribution is 5.88. The highest BCUT2D eigenvalue weighted by Gasteiger charge is 2.05. The van der Waals surface area contributed by atoms with Crippen molar-refractivity contribution in [3.05, 3.63) is 29.8 Å². The van der Waals surface area contributed by atoms with E-state index in [2.05, 4.69) is 5.32 Å². The number of carboxylic acids is 1. The smallest absolute Gasteiger partial charge is 0.335 e. The summed E-state index contributed by atoms with van der Waals surface area (Å²) in [5, 5.41) is 11.4. The summed E-state index contributed by atoms with van der Waals surface area (Å²) >= 11 is 0. The molecule has 0 bridgehead atoms. The van der Waals surface area contributed by atoms with Crippen LogP contribution in [-0.4, -0.2) is 55.7 Å². The molecule has 0 spiro atoms. The summed E-state index contributed by atoms with van der Waals surface area (Å²) in [5.41, 5.74) is 0.204. The van der Waals surface area contributed by atoms with Crippen molar-refractivity contribution in [3.8, 4) is 5.75 Å². The van der Waals surface area contributed by atoms with Gasteiger partial charge in [-0.1, -0.05) is 6.07 Å². The Kier molecular flexibility index (Phi) is 6.52. The molecule has 0 aliphatic heterocycles. The standard InChI is InChI=1S/C14H20N2O4/c1-15-13(17)6-7-16(2)8-9-20-12-5-3-4-11(10-12)14(18)19/h3-5,10H,6-9H2,1-2H3,(H,15,17)(H,18,19). The van der Waals surface area contributed by atoms with Crippen molar-refractivity contribution < 1.29 is 19.4 Å². The van der Waals surface area contributed by atoms with Gasteiger partial charge in [-0.15, -0.1) is 0 Å². The van der Waals surface area contributed by atoms with Crippen molar-refractivity contribution in [2.45, 2.75) is 6.42 Å². The summed E-state index contributed by atoms with van der Waals surface area (Å²) in [6.45, 7) is 1.75. The molecule has 0 fully saturated rings. The van der Waals surface area contributed by atoms with Gasteiger partial charge in [-0.05, 0) is 25.2 Å². The van der Waals surface area contributed by atoms with E-state index < -0.39 is 5.97 Å². The van der Waals surface area contributed by atoms with Crippen LogP contribution in [0.5, 0.6) is 5.75 Å². The quantitative estimate of drug-likeness (QED) is 0.737. The zero-order valence-electron chi connectivity index (χ0n) is 11.8. The van der Waals surface area contributed by atoms with Crippen LogP contribution >= 0.6 is 0 Å². The topological polar surface area (TPSA) is 78.9 Å². The summed E-state index contributed by atoms with van der Waals surface area (Å²) in [6, 6.07) is 6.38. The molecule has 0 heterocycles. The van der Waals surface area contributed by atoms with Gasteiger partial charge in [0, 0.05) is 26.6 Å². The SMILES string of the molecule is CNC(=O)CCN(C)CCOc1cccc(C(=O)O)c1. The molecule has 1 aromatic rings. The van der Waals surface area contributed by atoms with E-state index in [9.17, 15) is 9.59 Å². The number of carbonyl (C=O) groups is 2. The van der Waals surface area contributed by atoms with Gasteiger partial charge >= 0.3 is 5.97 Å². The van der Waals surface area contributed by atoms with Gasteiger partial charge in [-0.3, -0.25) is 4.79 Å². The highest BCUT2D eigenvalue weighted by atomic mass is 16.5. The Morgan fingerprint density at radius 3 is 2.75 bits per heavy atom. The molecule has 1 aromatic carbocycles. The molecule has 1 rings (SSSR count). The molecule has 6 nitrogen and oxygen atoms in total. The molecule has 0 unspecified atom stereocenters. The Morgan fingerprint density at radius 1 is 1.35 bits per heavy atom. The molecule has 20 heavy (non-hydrogen) atoms. The molecular weight excluding hydrogens is 260 g/mol. The number of nitrogens with zero attached hydrogens (tertiary/aromatic N) is 1. The van der Waals surface area contributed by atoms with Gasteiger partial charge in [0.2, 0.25) is 5.91 Å². The Bertz CT molecular complexity index is 462. The van der Waals surface area contributed by atoms with Gasteiger partial charge < -0.3 is 20.1 Å². The van der Waals surface area contributed by atoms with Crippen molar-refractivity contribution >= 4 is 11.9 Å². The van der Waals surface area contributed by atoms with Crippen molar-refractivity contribution in [3.63, 3.8) is 0 Å². The number of ether oxygens (including phenoxy) is 1. The third kappa shape index (κ3) is 5.71. The molecule has 2 N–H and O–H groups in total. The minimum Gasteiger partial charge on any atom is -0.492 e. The van der Waals surface area contributed by atoms with Gasteiger partial charge in [-0.2, -0.15) is 0 Å². The normalized spacial score (nSPS) is 10.3. The van der Waals surface area contributed by atoms with Crippen molar-refractivity contribution in [2.24, 2.45) is 0 Å². The lowest BCUT2D eigenvalue weighted by atomic mass is 10.2. The number of hydrogen-bond acceptors (Lipinski definition) is 4. The van der Waals surface area contributed by atoms with Gasteiger partial charge in [0.15, 0.2) is 0 Å². The highest BCUT2D eigenvalue weighted by Crippen LogP contribution is 2.13. The molecule has 1 amide bonds. The predicted octanol–water partition coefficient (Wildman–Crippen LogP) is 0.832. The summed E-state index contributed by atoms with van der Waals surface area (Å²) < 4.78 is 5.50. The number of carboxylic acid groups (broad SMARTS) is 1. The maximum absolute atomic E-state index is 11.1. The maximum atomic E-state index is 11.1. The molecule has 0 aromatic heterocycles. The van der Waals surface area contributed by atoms with Crippen molar-refractivity contribution in [1.82, 2.24) is 10.2 Å². The van der Waals surface area contributed by atoms with E-state index in [1.807, 2.05) is 11.9 Å². The fourth-order valence-corrected chi connectivity index (χ4v) is 1.57. The number of benzene rings is 1. The van der Waals surface area contributed by atoms with Gasteiger partial charge in [0.05, 0.1) is 5.56 Å². The predicted molar refractivity (Wildman–Crippen MR) is 75.1 cm³/mol. The third-order valence-electron chi connectivity index (χ3n) is 2.82. The van der Waals surface area contributed by atoms with E-state index in [4.69, 9.17) is 9.84 Å². The minimum atomic E-state index is -0.974. The summed E-state index contributed by atoms with van der Waals surface area (Å²) in [7, 11) is 3.51. The lowest BCUT2D eigenvalue weighted by Crippen LogP contribution is -2.29. The van der Waals surface area contributed by atoms with Crippen LogP contribution in [0.2, 0.25) is 0 Å². The fraction of sp³-hybridized carbons (Fsp3) is 0.429. The number of hydrogen-bond donors (Lipinski definition) is 2. The Hall–Kier alpha value is -2.08. The van der Waals surface area contributed by atoms with Crippen LogP contribution in [0.3, 0.4) is 0 Å². The largest absolute Gasteiger partial charge is 0.492 e. The van der Waals surface area contributed by atoms with E-state index >= 15 is 0 Å². The molecular formula is C14H20N2O4. The monoisotopic (exact) mass is 280 g/mol. The van der Waals surface area contributed by atoms with E-state index in [-0.39, 0.29) is 11.5 Å². The average Bonchev–Trinajstić information content (AvgIpc) is 2.45. The first kappa shape index (κ1) is 16.0. The summed E-state index contributed by atoms with van der Waals surface area (Å²) in [6.07, 6.45) is 0.446. The first-order valence-electron chi connectivity index (χ1n) is 6.38. The van der Waals surface area contributed by atoms with Crippen LogP contribution < -0.4 is 10.1 Å². The van der Waals surface area contributed by atoms with Gasteiger partial charge in [0.1, 0.15) is 12.4 Å². The molecule has 0 radical (unpaired) electrons. The molecule has 0 aliphatic carbocycles. The van der Waals surface area contributed by atoms with Gasteiger partial charge in [0.25, 0.3) is 0 Å². The zero-order chi connectivity index (χ0) is 15.0. The minimum absolute atomic E-state index is 0.00641. The van der Waals surface area contributed by atoms with Gasteiger partial charge in [-0.25, -0.2) is 4.79 Å². The number of amides is 1. The molecule has 0 saturated carbocycles. The average molecular weight is 280 g/mol. The van der Waals surface area contributed by atoms with E-state index in [1.165, 1.54) is 12.1 Å². The molecule has 6 heteroatoms. The lowest BCUT2D eigenvalue weighted by Gasteiger charge is -2.16. The van der Waals surface area contributed by atoms with Crippen molar-refractivity contribution in [2.75, 3.05) is 33.8 Å². The number of aromatic carboxylic acids is 1. The number of nitrogens with one attached hydrogen (secondary N) is 1. The van der Waals surface area contributed by atoms with E-state index in [0.717, 1.165) is 0 Å². The summed E-state index contributed by atoms with van der Waals surface area (Å²) in [5.74, 6) is -0.435. The Morgan fingerprint density at radius 2 is 2.10 bits per heavy atom. The first-order valence-corrected chi connectivity index (χ1v) is 6.38. The molecule has 0 aliphatic rings. The van der Waals surface area contributed by atoms with Crippen LogP contribution in [0, 0.1) is 0 Å². The first-order chi connectivity index (χ1) is 9.52. The lowest BCUT2D eigenvalue weighted by molar-refractivity contribution is -0.120. The maximum Gasteiger partial charge on any atom is 0.335 e. The van der Waals surface area contributed by atoms with E-state index in [0.29, 0.717) is 31.9 Å². The Labute approximate surface area is 118 Å². The molecule has 110 valence electrons. The second kappa shape index (κ2) is 8.16. The van der Waals surface area contributed by atoms with Crippen molar-refractivity contribution in [1.29, 1.82) is 0 Å².